The van der Waals surface area contributed by atoms with Crippen molar-refractivity contribution in [2.24, 2.45) is 17.6 Å². The summed E-state index contributed by atoms with van der Waals surface area (Å²) in [6.45, 7) is 2.71. The number of amides is 3. The van der Waals surface area contributed by atoms with Crippen molar-refractivity contribution in [3.8, 4) is 0 Å². The first kappa shape index (κ1) is 15.8. The first-order valence-corrected chi connectivity index (χ1v) is 7.05. The quantitative estimate of drug-likeness (QED) is 0.782. The van der Waals surface area contributed by atoms with E-state index in [-0.39, 0.29) is 18.4 Å². The first-order chi connectivity index (χ1) is 10.4. The minimum absolute atomic E-state index is 0.148. The molecule has 2 unspecified atom stereocenters. The minimum Gasteiger partial charge on any atom is -0.481 e. The second-order valence-electron chi connectivity index (χ2n) is 5.65. The fourth-order valence-corrected chi connectivity index (χ4v) is 2.72. The van der Waals surface area contributed by atoms with Gasteiger partial charge in [-0.25, -0.2) is 4.79 Å². The van der Waals surface area contributed by atoms with Gasteiger partial charge in [0.05, 0.1) is 5.92 Å². The highest BCUT2D eigenvalue weighted by atomic mass is 16.4. The number of rotatable bonds is 3. The standard InChI is InChI=1S/C15H19N3O4/c1-9-6-11(14(20)21)8-18(7-9)13(19)10-2-4-12(5-3-10)17-15(16)22/h2-5,9,11H,6-8H2,1H3,(H,20,21)(H3,16,17,22). The number of benzene rings is 1. The van der Waals surface area contributed by atoms with Crippen LogP contribution in [-0.4, -0.2) is 41.0 Å². The molecule has 1 aromatic carbocycles. The van der Waals surface area contributed by atoms with Gasteiger partial charge in [0.1, 0.15) is 0 Å². The summed E-state index contributed by atoms with van der Waals surface area (Å²) in [5.41, 5.74) is 5.97. The van der Waals surface area contributed by atoms with Crippen LogP contribution in [0.15, 0.2) is 24.3 Å². The number of piperidine rings is 1. The second-order valence-corrected chi connectivity index (χ2v) is 5.65. The number of hydrogen-bond donors (Lipinski definition) is 3. The lowest BCUT2D eigenvalue weighted by molar-refractivity contribution is -0.143. The Bertz CT molecular complexity index is 585. The van der Waals surface area contributed by atoms with Crippen molar-refractivity contribution in [2.75, 3.05) is 18.4 Å². The SMILES string of the molecule is CC1CC(C(=O)O)CN(C(=O)c2ccc(NC(N)=O)cc2)C1. The normalized spacial score (nSPS) is 21.2. The third kappa shape index (κ3) is 3.75. The first-order valence-electron chi connectivity index (χ1n) is 7.05. The van der Waals surface area contributed by atoms with Crippen LogP contribution in [-0.2, 0) is 4.79 Å². The van der Waals surface area contributed by atoms with E-state index in [9.17, 15) is 14.4 Å². The molecule has 1 fully saturated rings. The Labute approximate surface area is 128 Å². The van der Waals surface area contributed by atoms with Crippen molar-refractivity contribution in [3.05, 3.63) is 29.8 Å². The number of carboxylic acids is 1. The van der Waals surface area contributed by atoms with Crippen LogP contribution < -0.4 is 11.1 Å². The molecule has 0 aromatic heterocycles. The van der Waals surface area contributed by atoms with Crippen molar-refractivity contribution < 1.29 is 19.5 Å². The highest BCUT2D eigenvalue weighted by Crippen LogP contribution is 2.23. The number of likely N-dealkylation sites (tertiary alicyclic amines) is 1. The van der Waals surface area contributed by atoms with Gasteiger partial charge in [-0.15, -0.1) is 0 Å². The largest absolute Gasteiger partial charge is 0.481 e. The molecule has 3 amide bonds. The average molecular weight is 305 g/mol. The number of nitrogens with zero attached hydrogens (tertiary/aromatic N) is 1. The minimum atomic E-state index is -0.870. The Morgan fingerprint density at radius 3 is 2.41 bits per heavy atom. The van der Waals surface area contributed by atoms with Crippen molar-refractivity contribution in [2.45, 2.75) is 13.3 Å². The van der Waals surface area contributed by atoms with Crippen LogP contribution >= 0.6 is 0 Å². The van der Waals surface area contributed by atoms with Gasteiger partial charge in [-0.2, -0.15) is 0 Å². The Kier molecular flexibility index (Phi) is 4.65. The highest BCUT2D eigenvalue weighted by Gasteiger charge is 2.32. The lowest BCUT2D eigenvalue weighted by Crippen LogP contribution is -2.45. The maximum Gasteiger partial charge on any atom is 0.316 e. The number of carbonyl (C=O) groups is 3. The molecule has 0 bridgehead atoms. The number of aliphatic carboxylic acids is 1. The van der Waals surface area contributed by atoms with E-state index in [1.54, 1.807) is 29.2 Å². The van der Waals surface area contributed by atoms with E-state index < -0.39 is 17.9 Å². The molecule has 1 aliphatic rings. The van der Waals surface area contributed by atoms with Crippen LogP contribution in [0.2, 0.25) is 0 Å². The number of carbonyl (C=O) groups excluding carboxylic acids is 2. The van der Waals surface area contributed by atoms with Gasteiger partial charge in [0.15, 0.2) is 0 Å². The van der Waals surface area contributed by atoms with Gasteiger partial charge in [0.25, 0.3) is 5.91 Å². The molecule has 0 radical (unpaired) electrons. The zero-order valence-corrected chi connectivity index (χ0v) is 12.3. The Morgan fingerprint density at radius 1 is 1.23 bits per heavy atom. The molecule has 0 aliphatic carbocycles. The summed E-state index contributed by atoms with van der Waals surface area (Å²) in [6, 6.07) is 5.67. The van der Waals surface area contributed by atoms with Gasteiger partial charge < -0.3 is 21.1 Å². The summed E-state index contributed by atoms with van der Waals surface area (Å²) in [7, 11) is 0. The highest BCUT2D eigenvalue weighted by molar-refractivity contribution is 5.95. The third-order valence-electron chi connectivity index (χ3n) is 3.70. The van der Waals surface area contributed by atoms with Gasteiger partial charge in [0.2, 0.25) is 0 Å². The lowest BCUT2D eigenvalue weighted by Gasteiger charge is -2.34. The summed E-state index contributed by atoms with van der Waals surface area (Å²) < 4.78 is 0. The lowest BCUT2D eigenvalue weighted by atomic mass is 9.90. The van der Waals surface area contributed by atoms with Crippen molar-refractivity contribution >= 4 is 23.6 Å². The number of urea groups is 1. The van der Waals surface area contributed by atoms with Crippen molar-refractivity contribution in [1.82, 2.24) is 4.90 Å². The predicted molar refractivity (Wildman–Crippen MR) is 80.5 cm³/mol. The molecule has 7 nitrogen and oxygen atoms in total. The summed E-state index contributed by atoms with van der Waals surface area (Å²) in [5.74, 6) is -1.45. The monoisotopic (exact) mass is 305 g/mol. The molecule has 0 saturated carbocycles. The van der Waals surface area contributed by atoms with Gasteiger partial charge >= 0.3 is 12.0 Å². The van der Waals surface area contributed by atoms with Crippen LogP contribution in [0.5, 0.6) is 0 Å². The summed E-state index contributed by atoms with van der Waals surface area (Å²) in [6.07, 6.45) is 0.584. The van der Waals surface area contributed by atoms with E-state index in [1.165, 1.54) is 0 Å². The van der Waals surface area contributed by atoms with Gasteiger partial charge in [-0.1, -0.05) is 6.92 Å². The van der Waals surface area contributed by atoms with Crippen LogP contribution in [0.4, 0.5) is 10.5 Å². The summed E-state index contributed by atoms with van der Waals surface area (Å²) in [4.78, 5) is 36.0. The topological polar surface area (TPSA) is 113 Å². The molecule has 0 spiro atoms. The fraction of sp³-hybridized carbons (Fsp3) is 0.400. The smallest absolute Gasteiger partial charge is 0.316 e. The van der Waals surface area contributed by atoms with E-state index in [0.29, 0.717) is 24.2 Å². The molecule has 2 rings (SSSR count). The molecule has 1 heterocycles. The van der Waals surface area contributed by atoms with Crippen LogP contribution in [0, 0.1) is 11.8 Å². The van der Waals surface area contributed by atoms with Crippen LogP contribution in [0.3, 0.4) is 0 Å². The predicted octanol–water partition coefficient (Wildman–Crippen LogP) is 1.36. The number of primary amides is 1. The molecule has 118 valence electrons. The Hall–Kier alpha value is -2.57. The molecular formula is C15H19N3O4. The Balaban J connectivity index is 2.09. The molecular weight excluding hydrogens is 286 g/mol. The van der Waals surface area contributed by atoms with E-state index in [4.69, 9.17) is 10.8 Å². The van der Waals surface area contributed by atoms with E-state index in [1.807, 2.05) is 6.92 Å². The molecule has 1 aliphatic heterocycles. The van der Waals surface area contributed by atoms with Gasteiger partial charge in [-0.3, -0.25) is 9.59 Å². The maximum absolute atomic E-state index is 12.5. The van der Waals surface area contributed by atoms with E-state index >= 15 is 0 Å². The zero-order chi connectivity index (χ0) is 16.3. The molecule has 1 saturated heterocycles. The second kappa shape index (κ2) is 6.46. The molecule has 1 aromatic rings. The number of nitrogens with two attached hydrogens (primary N) is 1. The van der Waals surface area contributed by atoms with Crippen LogP contribution in [0.25, 0.3) is 0 Å². The average Bonchev–Trinajstić information content (AvgIpc) is 2.46. The zero-order valence-electron chi connectivity index (χ0n) is 12.3. The van der Waals surface area contributed by atoms with Crippen molar-refractivity contribution in [3.63, 3.8) is 0 Å². The molecule has 2 atom stereocenters. The van der Waals surface area contributed by atoms with E-state index in [0.717, 1.165) is 0 Å². The number of nitrogens with one attached hydrogen (secondary N) is 1. The number of carboxylic acid groups (broad SMARTS) is 1. The molecule has 7 heteroatoms. The fourth-order valence-electron chi connectivity index (χ4n) is 2.72. The molecule has 22 heavy (non-hydrogen) atoms. The summed E-state index contributed by atoms with van der Waals surface area (Å²) >= 11 is 0. The molecule has 4 N–H and O–H groups in total. The maximum atomic E-state index is 12.5. The number of anilines is 1. The number of hydrogen-bond acceptors (Lipinski definition) is 3. The van der Waals surface area contributed by atoms with Crippen LogP contribution in [0.1, 0.15) is 23.7 Å². The van der Waals surface area contributed by atoms with E-state index in [2.05, 4.69) is 5.32 Å². The third-order valence-corrected chi connectivity index (χ3v) is 3.70. The van der Waals surface area contributed by atoms with Gasteiger partial charge in [-0.05, 0) is 36.6 Å². The Morgan fingerprint density at radius 2 is 1.86 bits per heavy atom. The summed E-state index contributed by atoms with van der Waals surface area (Å²) in [5, 5.41) is 11.6. The van der Waals surface area contributed by atoms with Gasteiger partial charge in [0, 0.05) is 24.3 Å². The van der Waals surface area contributed by atoms with Crippen molar-refractivity contribution in [1.29, 1.82) is 0 Å².